The maximum atomic E-state index is 12.4. The SMILES string of the molecule is O=c1[nH]c(/C=C/c2cn(-c3ccccc3)nc2-c2cc3ccccc3o2)nc2ccccc12. The molecular formula is C27H18N4O2. The van der Waals surface area contributed by atoms with Gasteiger partial charge in [0.1, 0.15) is 17.1 Å². The third-order valence-corrected chi connectivity index (χ3v) is 5.47. The van der Waals surface area contributed by atoms with Crippen LogP contribution < -0.4 is 5.56 Å². The molecule has 0 bridgehead atoms. The van der Waals surface area contributed by atoms with Crippen molar-refractivity contribution in [3.8, 4) is 17.1 Å². The second-order valence-corrected chi connectivity index (χ2v) is 7.66. The van der Waals surface area contributed by atoms with Crippen molar-refractivity contribution in [2.45, 2.75) is 0 Å². The maximum Gasteiger partial charge on any atom is 0.259 e. The van der Waals surface area contributed by atoms with Crippen molar-refractivity contribution in [1.29, 1.82) is 0 Å². The van der Waals surface area contributed by atoms with Crippen LogP contribution in [0.25, 0.3) is 51.2 Å². The summed E-state index contributed by atoms with van der Waals surface area (Å²) >= 11 is 0. The van der Waals surface area contributed by atoms with Crippen molar-refractivity contribution in [2.24, 2.45) is 0 Å². The fourth-order valence-corrected chi connectivity index (χ4v) is 3.86. The zero-order chi connectivity index (χ0) is 22.2. The van der Waals surface area contributed by atoms with Gasteiger partial charge in [0, 0.05) is 17.1 Å². The number of nitrogens with zero attached hydrogens (tertiary/aromatic N) is 3. The van der Waals surface area contributed by atoms with E-state index in [1.165, 1.54) is 0 Å². The van der Waals surface area contributed by atoms with Gasteiger partial charge < -0.3 is 9.40 Å². The van der Waals surface area contributed by atoms with E-state index in [-0.39, 0.29) is 5.56 Å². The molecule has 0 spiro atoms. The zero-order valence-electron chi connectivity index (χ0n) is 17.5. The molecule has 0 saturated heterocycles. The Bertz CT molecular complexity index is 1660. The second-order valence-electron chi connectivity index (χ2n) is 7.66. The van der Waals surface area contributed by atoms with Crippen LogP contribution in [0.5, 0.6) is 0 Å². The van der Waals surface area contributed by atoms with Gasteiger partial charge in [0.2, 0.25) is 0 Å². The summed E-state index contributed by atoms with van der Waals surface area (Å²) in [5.41, 5.74) is 3.77. The first-order valence-corrected chi connectivity index (χ1v) is 10.6. The van der Waals surface area contributed by atoms with E-state index in [9.17, 15) is 4.79 Å². The highest BCUT2D eigenvalue weighted by atomic mass is 16.3. The molecule has 1 N–H and O–H groups in total. The number of rotatable bonds is 4. The number of hydrogen-bond acceptors (Lipinski definition) is 4. The van der Waals surface area contributed by atoms with Gasteiger partial charge >= 0.3 is 0 Å². The first-order chi connectivity index (χ1) is 16.2. The second kappa shape index (κ2) is 7.76. The van der Waals surface area contributed by atoms with Gasteiger partial charge in [-0.15, -0.1) is 0 Å². The molecule has 0 fully saturated rings. The molecule has 0 atom stereocenters. The normalized spacial score (nSPS) is 11.6. The van der Waals surface area contributed by atoms with Crippen LogP contribution in [0.15, 0.2) is 100 Å². The summed E-state index contributed by atoms with van der Waals surface area (Å²) in [7, 11) is 0. The molecule has 6 heteroatoms. The number of nitrogens with one attached hydrogen (secondary N) is 1. The summed E-state index contributed by atoms with van der Waals surface area (Å²) in [6, 6.07) is 27.0. The van der Waals surface area contributed by atoms with Gasteiger partial charge in [0.15, 0.2) is 5.76 Å². The molecule has 0 unspecified atom stereocenters. The highest BCUT2D eigenvalue weighted by molar-refractivity contribution is 5.85. The minimum atomic E-state index is -0.169. The lowest BCUT2D eigenvalue weighted by Gasteiger charge is -1.98. The lowest BCUT2D eigenvalue weighted by molar-refractivity contribution is 0.627. The van der Waals surface area contributed by atoms with E-state index in [0.29, 0.717) is 28.2 Å². The van der Waals surface area contributed by atoms with Gasteiger partial charge in [0.25, 0.3) is 5.56 Å². The van der Waals surface area contributed by atoms with Crippen LogP contribution in [0.3, 0.4) is 0 Å². The fraction of sp³-hybridized carbons (Fsp3) is 0. The van der Waals surface area contributed by atoms with E-state index < -0.39 is 0 Å². The number of benzene rings is 3. The number of hydrogen-bond donors (Lipinski definition) is 1. The number of H-pyrrole nitrogens is 1. The first-order valence-electron chi connectivity index (χ1n) is 10.6. The maximum absolute atomic E-state index is 12.4. The van der Waals surface area contributed by atoms with Gasteiger partial charge in [-0.2, -0.15) is 5.10 Å². The Hall–Kier alpha value is -4.71. The van der Waals surface area contributed by atoms with Crippen molar-refractivity contribution < 1.29 is 4.42 Å². The summed E-state index contributed by atoms with van der Waals surface area (Å²) in [5, 5.41) is 6.38. The predicted octanol–water partition coefficient (Wildman–Crippen LogP) is 5.69. The van der Waals surface area contributed by atoms with Crippen molar-refractivity contribution in [3.63, 3.8) is 0 Å². The summed E-state index contributed by atoms with van der Waals surface area (Å²) in [6.07, 6.45) is 5.61. The van der Waals surface area contributed by atoms with Crippen LogP contribution in [0.1, 0.15) is 11.4 Å². The molecule has 3 aromatic carbocycles. The van der Waals surface area contributed by atoms with Crippen molar-refractivity contribution in [2.75, 3.05) is 0 Å². The van der Waals surface area contributed by atoms with E-state index in [1.54, 1.807) is 12.1 Å². The third-order valence-electron chi connectivity index (χ3n) is 5.47. The Morgan fingerprint density at radius 2 is 1.67 bits per heavy atom. The Morgan fingerprint density at radius 1 is 0.879 bits per heavy atom. The lowest BCUT2D eigenvalue weighted by Crippen LogP contribution is -2.09. The largest absolute Gasteiger partial charge is 0.454 e. The highest BCUT2D eigenvalue weighted by Gasteiger charge is 2.15. The summed E-state index contributed by atoms with van der Waals surface area (Å²) in [5.74, 6) is 1.15. The molecule has 6 nitrogen and oxygen atoms in total. The molecule has 3 aromatic heterocycles. The number of aromatic nitrogens is 4. The van der Waals surface area contributed by atoms with E-state index in [2.05, 4.69) is 9.97 Å². The van der Waals surface area contributed by atoms with Gasteiger partial charge in [-0.3, -0.25) is 4.79 Å². The van der Waals surface area contributed by atoms with Crippen LogP contribution >= 0.6 is 0 Å². The van der Waals surface area contributed by atoms with E-state index in [4.69, 9.17) is 9.52 Å². The molecule has 0 aliphatic rings. The Kier molecular flexibility index (Phi) is 4.47. The van der Waals surface area contributed by atoms with Crippen LogP contribution in [0.2, 0.25) is 0 Å². The molecule has 33 heavy (non-hydrogen) atoms. The fourth-order valence-electron chi connectivity index (χ4n) is 3.86. The number of furan rings is 1. The molecule has 6 rings (SSSR count). The van der Waals surface area contributed by atoms with Crippen LogP contribution in [-0.2, 0) is 0 Å². The quantitative estimate of drug-likeness (QED) is 0.390. The van der Waals surface area contributed by atoms with E-state index in [1.807, 2.05) is 95.8 Å². The standard InChI is InChI=1S/C27H18N4O2/c32-27-21-11-5-6-12-22(21)28-25(29-27)15-14-19-17-31(20-9-2-1-3-10-20)30-26(19)24-16-18-8-4-7-13-23(18)33-24/h1-17H,(H,28,29,32)/b15-14+. The lowest BCUT2D eigenvalue weighted by atomic mass is 10.1. The number of para-hydroxylation sites is 3. The molecule has 0 amide bonds. The van der Waals surface area contributed by atoms with Crippen LogP contribution in [0.4, 0.5) is 0 Å². The molecule has 0 aliphatic heterocycles. The molecule has 158 valence electrons. The summed E-state index contributed by atoms with van der Waals surface area (Å²) < 4.78 is 7.91. The first kappa shape index (κ1) is 19.0. The average Bonchev–Trinajstić information content (AvgIpc) is 3.47. The summed E-state index contributed by atoms with van der Waals surface area (Å²) in [4.78, 5) is 19.8. The Labute approximate surface area is 188 Å². The van der Waals surface area contributed by atoms with Crippen molar-refractivity contribution in [1.82, 2.24) is 19.7 Å². The number of fused-ring (bicyclic) bond motifs is 2. The predicted molar refractivity (Wildman–Crippen MR) is 130 cm³/mol. The molecule has 0 saturated carbocycles. The van der Waals surface area contributed by atoms with Gasteiger partial charge in [-0.1, -0.05) is 48.5 Å². The molecule has 6 aromatic rings. The highest BCUT2D eigenvalue weighted by Crippen LogP contribution is 2.30. The van der Waals surface area contributed by atoms with Gasteiger partial charge in [-0.05, 0) is 48.6 Å². The van der Waals surface area contributed by atoms with Crippen LogP contribution in [0, 0.1) is 0 Å². The number of aromatic amines is 1. The minimum Gasteiger partial charge on any atom is -0.454 e. The van der Waals surface area contributed by atoms with Crippen LogP contribution in [-0.4, -0.2) is 19.7 Å². The topological polar surface area (TPSA) is 76.7 Å². The van der Waals surface area contributed by atoms with Crippen molar-refractivity contribution in [3.05, 3.63) is 113 Å². The third kappa shape index (κ3) is 3.53. The Morgan fingerprint density at radius 3 is 2.55 bits per heavy atom. The van der Waals surface area contributed by atoms with E-state index in [0.717, 1.165) is 22.2 Å². The molecule has 0 radical (unpaired) electrons. The van der Waals surface area contributed by atoms with Gasteiger partial charge in [-0.25, -0.2) is 9.67 Å². The molecular weight excluding hydrogens is 412 g/mol. The average molecular weight is 430 g/mol. The zero-order valence-corrected chi connectivity index (χ0v) is 17.5. The van der Waals surface area contributed by atoms with Gasteiger partial charge in [0.05, 0.1) is 16.6 Å². The molecule has 0 aliphatic carbocycles. The Balaban J connectivity index is 1.47. The molecule has 3 heterocycles. The monoisotopic (exact) mass is 430 g/mol. The minimum absolute atomic E-state index is 0.169. The smallest absolute Gasteiger partial charge is 0.259 e. The van der Waals surface area contributed by atoms with E-state index >= 15 is 0 Å². The van der Waals surface area contributed by atoms with Crippen molar-refractivity contribution >= 4 is 34.0 Å². The summed E-state index contributed by atoms with van der Waals surface area (Å²) in [6.45, 7) is 0.